The van der Waals surface area contributed by atoms with Crippen LogP contribution in [0.1, 0.15) is 27.7 Å². The van der Waals surface area contributed by atoms with Crippen LogP contribution < -0.4 is 15.5 Å². The summed E-state index contributed by atoms with van der Waals surface area (Å²) >= 11 is 0. The van der Waals surface area contributed by atoms with Gasteiger partial charge in [-0.25, -0.2) is 4.98 Å². The zero-order valence-corrected chi connectivity index (χ0v) is 11.8. The Labute approximate surface area is 113 Å². The molecule has 0 aromatic carbocycles. The second kappa shape index (κ2) is 4.11. The quantitative estimate of drug-likeness (QED) is 0.770. The molecule has 19 heavy (non-hydrogen) atoms. The first kappa shape index (κ1) is 12.8. The van der Waals surface area contributed by atoms with Crippen LogP contribution >= 0.6 is 0 Å². The summed E-state index contributed by atoms with van der Waals surface area (Å²) in [6, 6.07) is 1.90. The molecule has 102 valence electrons. The maximum atomic E-state index is 6.06. The van der Waals surface area contributed by atoms with Crippen LogP contribution in [0.2, 0.25) is 0 Å². The molecule has 3 rings (SSSR count). The van der Waals surface area contributed by atoms with Gasteiger partial charge in [-0.3, -0.25) is 0 Å². The maximum absolute atomic E-state index is 6.06. The van der Waals surface area contributed by atoms with Gasteiger partial charge < -0.3 is 19.4 Å². The van der Waals surface area contributed by atoms with Crippen molar-refractivity contribution in [1.29, 1.82) is 0 Å². The summed E-state index contributed by atoms with van der Waals surface area (Å²) < 4.78 is 17.8. The van der Waals surface area contributed by atoms with Crippen molar-refractivity contribution >= 4 is 18.4 Å². The number of nitrogens with one attached hydrogen (secondary N) is 1. The Morgan fingerprint density at radius 2 is 1.89 bits per heavy atom. The van der Waals surface area contributed by atoms with Crippen molar-refractivity contribution < 1.29 is 14.0 Å². The molecule has 5 nitrogen and oxygen atoms in total. The molecule has 0 amide bonds. The average molecular weight is 262 g/mol. The van der Waals surface area contributed by atoms with Gasteiger partial charge in [0.15, 0.2) is 11.6 Å². The third kappa shape index (κ3) is 1.99. The lowest BCUT2D eigenvalue weighted by molar-refractivity contribution is 0.00578. The van der Waals surface area contributed by atoms with E-state index in [2.05, 4.69) is 10.3 Å². The molecule has 0 spiro atoms. The van der Waals surface area contributed by atoms with Gasteiger partial charge in [0, 0.05) is 11.7 Å². The molecule has 2 aliphatic rings. The molecule has 6 heteroatoms. The van der Waals surface area contributed by atoms with Crippen molar-refractivity contribution in [1.82, 2.24) is 4.98 Å². The molecule has 0 radical (unpaired) electrons. The molecule has 2 aliphatic heterocycles. The molecule has 0 unspecified atom stereocenters. The van der Waals surface area contributed by atoms with E-state index in [9.17, 15) is 0 Å². The lowest BCUT2D eigenvalue weighted by Crippen LogP contribution is -2.41. The fourth-order valence-corrected chi connectivity index (χ4v) is 2.22. The summed E-state index contributed by atoms with van der Waals surface area (Å²) in [7, 11) is -0.415. The average Bonchev–Trinajstić information content (AvgIpc) is 2.58. The molecule has 1 saturated heterocycles. The summed E-state index contributed by atoms with van der Waals surface area (Å²) in [5.74, 6) is 1.51. The van der Waals surface area contributed by atoms with E-state index in [0.29, 0.717) is 6.61 Å². The van der Waals surface area contributed by atoms with Gasteiger partial charge in [0.1, 0.15) is 6.61 Å². The first-order valence-corrected chi connectivity index (χ1v) is 6.62. The topological polar surface area (TPSA) is 52.6 Å². The number of anilines is 1. The Hall–Kier alpha value is -1.27. The van der Waals surface area contributed by atoms with Crippen molar-refractivity contribution in [2.24, 2.45) is 0 Å². The normalized spacial score (nSPS) is 23.5. The van der Waals surface area contributed by atoms with Crippen LogP contribution in [-0.4, -0.2) is 36.5 Å². The van der Waals surface area contributed by atoms with Gasteiger partial charge >= 0.3 is 7.12 Å². The van der Waals surface area contributed by atoms with Crippen LogP contribution in [-0.2, 0) is 9.31 Å². The molecule has 1 aromatic rings. The van der Waals surface area contributed by atoms with E-state index in [1.165, 1.54) is 0 Å². The van der Waals surface area contributed by atoms with E-state index in [0.717, 1.165) is 23.6 Å². The lowest BCUT2D eigenvalue weighted by Gasteiger charge is -2.32. The number of ether oxygens (including phenoxy) is 1. The summed E-state index contributed by atoms with van der Waals surface area (Å²) in [6.45, 7) is 9.57. The zero-order valence-electron chi connectivity index (χ0n) is 11.8. The summed E-state index contributed by atoms with van der Waals surface area (Å²) in [5.41, 5.74) is 0.196. The molecular formula is C13H19BN2O3. The third-order valence-electron chi connectivity index (χ3n) is 4.08. The summed E-state index contributed by atoms with van der Waals surface area (Å²) in [4.78, 5) is 4.28. The minimum absolute atomic E-state index is 0.351. The van der Waals surface area contributed by atoms with Crippen molar-refractivity contribution in [2.75, 3.05) is 18.5 Å². The number of hydrogen-bond acceptors (Lipinski definition) is 5. The monoisotopic (exact) mass is 262 g/mol. The molecule has 1 aromatic heterocycles. The SMILES string of the molecule is CC1(C)OB(c2ccnc3c2OCCN3)OC1(C)C. The summed E-state index contributed by atoms with van der Waals surface area (Å²) in [6.07, 6.45) is 1.75. The smallest absolute Gasteiger partial charge is 0.488 e. The van der Waals surface area contributed by atoms with Crippen LogP contribution in [0.5, 0.6) is 5.75 Å². The fourth-order valence-electron chi connectivity index (χ4n) is 2.22. The maximum Gasteiger partial charge on any atom is 0.498 e. The van der Waals surface area contributed by atoms with E-state index in [4.69, 9.17) is 14.0 Å². The van der Waals surface area contributed by atoms with Gasteiger partial charge in [0.25, 0.3) is 0 Å². The highest BCUT2D eigenvalue weighted by atomic mass is 16.7. The minimum atomic E-state index is -0.415. The number of nitrogens with zero attached hydrogens (tertiary/aromatic N) is 1. The van der Waals surface area contributed by atoms with E-state index < -0.39 is 7.12 Å². The first-order chi connectivity index (χ1) is 8.91. The highest BCUT2D eigenvalue weighted by Gasteiger charge is 2.52. The van der Waals surface area contributed by atoms with Crippen molar-refractivity contribution in [3.63, 3.8) is 0 Å². The van der Waals surface area contributed by atoms with Crippen LogP contribution in [0.4, 0.5) is 5.82 Å². The summed E-state index contributed by atoms with van der Waals surface area (Å²) in [5, 5.41) is 3.22. The van der Waals surface area contributed by atoms with Gasteiger partial charge in [-0.1, -0.05) is 0 Å². The van der Waals surface area contributed by atoms with Gasteiger partial charge in [-0.15, -0.1) is 0 Å². The predicted molar refractivity (Wildman–Crippen MR) is 73.9 cm³/mol. The van der Waals surface area contributed by atoms with Gasteiger partial charge in [0.2, 0.25) is 0 Å². The van der Waals surface area contributed by atoms with Crippen LogP contribution in [0.15, 0.2) is 12.3 Å². The van der Waals surface area contributed by atoms with Crippen LogP contribution in [0.3, 0.4) is 0 Å². The Kier molecular flexibility index (Phi) is 2.76. The largest absolute Gasteiger partial charge is 0.498 e. The number of pyridine rings is 1. The second-order valence-corrected chi connectivity index (χ2v) is 5.94. The Morgan fingerprint density at radius 3 is 2.58 bits per heavy atom. The number of aromatic nitrogens is 1. The Bertz CT molecular complexity index is 489. The van der Waals surface area contributed by atoms with E-state index >= 15 is 0 Å². The number of hydrogen-bond donors (Lipinski definition) is 1. The van der Waals surface area contributed by atoms with Crippen molar-refractivity contribution in [2.45, 2.75) is 38.9 Å². The molecule has 1 N–H and O–H groups in total. The van der Waals surface area contributed by atoms with Gasteiger partial charge in [0.05, 0.1) is 17.7 Å². The minimum Gasteiger partial charge on any atom is -0.488 e. The first-order valence-electron chi connectivity index (χ1n) is 6.62. The fraction of sp³-hybridized carbons (Fsp3) is 0.615. The Balaban J connectivity index is 1.96. The number of fused-ring (bicyclic) bond motifs is 1. The van der Waals surface area contributed by atoms with E-state index in [1.807, 2.05) is 33.8 Å². The van der Waals surface area contributed by atoms with E-state index in [-0.39, 0.29) is 11.2 Å². The standard InChI is InChI=1S/C13H19BN2O3/c1-12(2)13(3,4)19-14(18-12)9-5-6-15-11-10(9)17-8-7-16-11/h5-6H,7-8H2,1-4H3,(H,15,16). The molecule has 0 bridgehead atoms. The zero-order chi connectivity index (χ0) is 13.7. The molecule has 3 heterocycles. The van der Waals surface area contributed by atoms with Gasteiger partial charge in [-0.2, -0.15) is 0 Å². The van der Waals surface area contributed by atoms with Gasteiger partial charge in [-0.05, 0) is 33.8 Å². The van der Waals surface area contributed by atoms with Crippen LogP contribution in [0.25, 0.3) is 0 Å². The van der Waals surface area contributed by atoms with E-state index in [1.54, 1.807) is 6.20 Å². The molecule has 0 aliphatic carbocycles. The molecular weight excluding hydrogens is 243 g/mol. The Morgan fingerprint density at radius 1 is 1.21 bits per heavy atom. The predicted octanol–water partition coefficient (Wildman–Crippen LogP) is 1.19. The number of rotatable bonds is 1. The molecule has 0 saturated carbocycles. The second-order valence-electron chi connectivity index (χ2n) is 5.94. The highest BCUT2D eigenvalue weighted by molar-refractivity contribution is 6.63. The third-order valence-corrected chi connectivity index (χ3v) is 4.08. The van der Waals surface area contributed by atoms with Crippen LogP contribution in [0, 0.1) is 0 Å². The highest BCUT2D eigenvalue weighted by Crippen LogP contribution is 2.37. The molecule has 1 fully saturated rings. The van der Waals surface area contributed by atoms with Crippen molar-refractivity contribution in [3.05, 3.63) is 12.3 Å². The molecule has 0 atom stereocenters. The lowest BCUT2D eigenvalue weighted by atomic mass is 9.78. The van der Waals surface area contributed by atoms with Crippen molar-refractivity contribution in [3.8, 4) is 5.75 Å².